The third-order valence-electron chi connectivity index (χ3n) is 10.6. The first-order valence-corrected chi connectivity index (χ1v) is 24.3. The normalized spacial score (nSPS) is 21.2. The Hall–Kier alpha value is -4.91. The summed E-state index contributed by atoms with van der Waals surface area (Å²) in [6.45, 7) is 9.67. The monoisotopic (exact) mass is 830 g/mol. The molecule has 15 nitrogen and oxygen atoms in total. The van der Waals surface area contributed by atoms with Crippen LogP contribution in [0.3, 0.4) is 0 Å². The molecule has 0 saturated carbocycles. The summed E-state index contributed by atoms with van der Waals surface area (Å²) < 4.78 is 62.5. The molecule has 308 valence electrons. The van der Waals surface area contributed by atoms with Crippen molar-refractivity contribution in [1.82, 2.24) is 23.8 Å². The van der Waals surface area contributed by atoms with Crippen molar-refractivity contribution in [2.75, 3.05) is 38.9 Å². The zero-order valence-electron chi connectivity index (χ0n) is 33.9. The standard InChI is InChI=1S/C41H50N6O9SSi/c1-26(2)36(48)44-39-43-35-32(37(49)45-39)42-25-46(35)38-33-34(56-58(6,7)8)40(55-38,24-47(33)57(5,50)51)22-23-54-41(27-12-10-9-11-13-27,28-14-18-30(52-3)19-15-28)29-16-20-31(53-4)21-17-29/h9-21,25-26,33-34,38H,22-24H2,1-8H3,(H2,43,44,45,48,49)/t33-,34+,38-,40+/m1/s1. The number of H-pyrrole nitrogens is 1. The highest BCUT2D eigenvalue weighted by Crippen LogP contribution is 2.52. The van der Waals surface area contributed by atoms with Crippen molar-refractivity contribution in [1.29, 1.82) is 0 Å². The van der Waals surface area contributed by atoms with Crippen LogP contribution in [0.1, 0.15) is 43.2 Å². The van der Waals surface area contributed by atoms with Crippen molar-refractivity contribution in [3.05, 3.63) is 112 Å². The lowest BCUT2D eigenvalue weighted by Gasteiger charge is -2.39. The Balaban J connectivity index is 1.33. The van der Waals surface area contributed by atoms with Gasteiger partial charge in [0.1, 0.15) is 22.7 Å². The molecule has 4 heterocycles. The number of ether oxygens (including phenoxy) is 4. The predicted molar refractivity (Wildman–Crippen MR) is 221 cm³/mol. The Morgan fingerprint density at radius 3 is 2.10 bits per heavy atom. The average molecular weight is 831 g/mol. The van der Waals surface area contributed by atoms with Crippen LogP contribution in [-0.2, 0) is 34.3 Å². The quantitative estimate of drug-likeness (QED) is 0.104. The highest BCUT2D eigenvalue weighted by atomic mass is 32.2. The molecule has 58 heavy (non-hydrogen) atoms. The second-order valence-corrected chi connectivity index (χ2v) is 22.4. The van der Waals surface area contributed by atoms with Crippen LogP contribution in [0.25, 0.3) is 11.2 Å². The second kappa shape index (κ2) is 15.7. The first kappa shape index (κ1) is 41.3. The molecular formula is C41H50N6O9SSi. The number of aromatic nitrogens is 4. The molecule has 0 unspecified atom stereocenters. The number of nitrogens with one attached hydrogen (secondary N) is 2. The van der Waals surface area contributed by atoms with Crippen LogP contribution < -0.4 is 20.3 Å². The molecule has 2 fully saturated rings. The van der Waals surface area contributed by atoms with E-state index in [4.69, 9.17) is 23.4 Å². The third kappa shape index (κ3) is 7.69. The van der Waals surface area contributed by atoms with Gasteiger partial charge in [-0.15, -0.1) is 0 Å². The lowest BCUT2D eigenvalue weighted by molar-refractivity contribution is -0.136. The van der Waals surface area contributed by atoms with Crippen molar-refractivity contribution in [2.45, 2.75) is 69.5 Å². The maximum Gasteiger partial charge on any atom is 0.280 e. The molecule has 2 bridgehead atoms. The van der Waals surface area contributed by atoms with Gasteiger partial charge in [0.15, 0.2) is 25.7 Å². The summed E-state index contributed by atoms with van der Waals surface area (Å²) in [5.74, 6) is 0.596. The van der Waals surface area contributed by atoms with Gasteiger partial charge in [0.2, 0.25) is 21.9 Å². The molecule has 2 aliphatic rings. The number of benzene rings is 3. The number of imidazole rings is 1. The van der Waals surface area contributed by atoms with Crippen molar-refractivity contribution in [2.24, 2.45) is 5.92 Å². The third-order valence-corrected chi connectivity index (χ3v) is 12.8. The summed E-state index contributed by atoms with van der Waals surface area (Å²) in [7, 11) is -2.97. The first-order chi connectivity index (χ1) is 27.5. The lowest BCUT2D eigenvalue weighted by Crippen LogP contribution is -2.49. The molecule has 2 saturated heterocycles. The van der Waals surface area contributed by atoms with Gasteiger partial charge in [-0.2, -0.15) is 9.29 Å². The van der Waals surface area contributed by atoms with Gasteiger partial charge in [0.25, 0.3) is 5.56 Å². The van der Waals surface area contributed by atoms with E-state index in [1.165, 1.54) is 16.9 Å². The van der Waals surface area contributed by atoms with Crippen molar-refractivity contribution >= 4 is 41.4 Å². The fourth-order valence-electron chi connectivity index (χ4n) is 7.91. The molecule has 2 aliphatic heterocycles. The molecule has 7 rings (SSSR count). The highest BCUT2D eigenvalue weighted by molar-refractivity contribution is 7.88. The zero-order valence-corrected chi connectivity index (χ0v) is 35.7. The molecule has 2 N–H and O–H groups in total. The van der Waals surface area contributed by atoms with Crippen LogP contribution in [0, 0.1) is 5.92 Å². The molecule has 1 amide bonds. The number of hydrogen-bond acceptors (Lipinski definition) is 11. The van der Waals surface area contributed by atoms with Gasteiger partial charge in [-0.1, -0.05) is 68.4 Å². The van der Waals surface area contributed by atoms with Crippen LogP contribution in [0.2, 0.25) is 19.6 Å². The van der Waals surface area contributed by atoms with Crippen molar-refractivity contribution in [3.8, 4) is 11.5 Å². The number of anilines is 1. The van der Waals surface area contributed by atoms with E-state index in [0.717, 1.165) is 16.7 Å². The fourth-order valence-corrected chi connectivity index (χ4v) is 10.1. The number of nitrogens with zero attached hydrogens (tertiary/aromatic N) is 4. The number of aromatic amines is 1. The topological polar surface area (TPSA) is 176 Å². The SMILES string of the molecule is COc1ccc(C(OCC[C@@]23CN(S(C)(=O)=O)[C@@H]([C@H](n4cnc5c(=O)[nH]c(NC(=O)C(C)C)nc54)O2)[C@@H]3O[Si](C)(C)C)(c2ccccc2)c2ccc(OC)cc2)cc1. The predicted octanol–water partition coefficient (Wildman–Crippen LogP) is 5.26. The molecule has 2 aromatic heterocycles. The molecule has 3 aromatic carbocycles. The molecular weight excluding hydrogens is 781 g/mol. The maximum absolute atomic E-state index is 13.7. The van der Waals surface area contributed by atoms with Crippen molar-refractivity contribution in [3.63, 3.8) is 0 Å². The summed E-state index contributed by atoms with van der Waals surface area (Å²) in [6.07, 6.45) is 1.08. The number of methoxy groups -OCH3 is 2. The Morgan fingerprint density at radius 2 is 1.57 bits per heavy atom. The summed E-state index contributed by atoms with van der Waals surface area (Å²) >= 11 is 0. The highest BCUT2D eigenvalue weighted by Gasteiger charge is 2.67. The zero-order chi connectivity index (χ0) is 41.6. The summed E-state index contributed by atoms with van der Waals surface area (Å²) in [5.41, 5.74) is -0.240. The van der Waals surface area contributed by atoms with Gasteiger partial charge < -0.3 is 23.4 Å². The fraction of sp³-hybridized carbons (Fsp3) is 0.415. The van der Waals surface area contributed by atoms with Crippen LogP contribution in [0.5, 0.6) is 11.5 Å². The van der Waals surface area contributed by atoms with Gasteiger partial charge in [0, 0.05) is 18.9 Å². The summed E-state index contributed by atoms with van der Waals surface area (Å²) in [4.78, 5) is 37.3. The second-order valence-electron chi connectivity index (χ2n) is 16.0. The minimum absolute atomic E-state index is 0.00521. The lowest BCUT2D eigenvalue weighted by atomic mass is 9.80. The maximum atomic E-state index is 13.7. The van der Waals surface area contributed by atoms with Crippen LogP contribution in [0.15, 0.2) is 90.0 Å². The van der Waals surface area contributed by atoms with E-state index in [1.54, 1.807) is 32.6 Å². The van der Waals surface area contributed by atoms with E-state index in [9.17, 15) is 18.0 Å². The number of amides is 1. The number of hydrogen-bond donors (Lipinski definition) is 2. The van der Waals surface area contributed by atoms with Gasteiger partial charge in [-0.05, 0) is 60.6 Å². The number of carbonyl (C=O) groups excluding carboxylic acids is 1. The molecule has 0 radical (unpaired) electrons. The Kier molecular flexibility index (Phi) is 11.2. The Bertz CT molecular complexity index is 2390. The minimum Gasteiger partial charge on any atom is -0.497 e. The molecule has 5 aromatic rings. The Morgan fingerprint density at radius 1 is 0.983 bits per heavy atom. The van der Waals surface area contributed by atoms with Gasteiger partial charge in [-0.3, -0.25) is 24.5 Å². The van der Waals surface area contributed by atoms with E-state index in [-0.39, 0.29) is 48.5 Å². The first-order valence-electron chi connectivity index (χ1n) is 19.1. The van der Waals surface area contributed by atoms with Gasteiger partial charge in [-0.25, -0.2) is 13.4 Å². The van der Waals surface area contributed by atoms with E-state index < -0.39 is 53.5 Å². The van der Waals surface area contributed by atoms with E-state index >= 15 is 0 Å². The summed E-state index contributed by atoms with van der Waals surface area (Å²) in [6, 6.07) is 24.5. The van der Waals surface area contributed by atoms with Crippen LogP contribution in [0.4, 0.5) is 5.95 Å². The number of carbonyl (C=O) groups is 1. The number of morpholine rings is 1. The molecule has 17 heteroatoms. The molecule has 0 aliphatic carbocycles. The number of fused-ring (bicyclic) bond motifs is 3. The van der Waals surface area contributed by atoms with Gasteiger partial charge in [0.05, 0.1) is 45.6 Å². The number of sulfonamides is 1. The Labute approximate surface area is 338 Å². The van der Waals surface area contributed by atoms with E-state index in [1.807, 2.05) is 98.5 Å². The van der Waals surface area contributed by atoms with Gasteiger partial charge >= 0.3 is 0 Å². The van der Waals surface area contributed by atoms with Crippen molar-refractivity contribution < 1.29 is 36.6 Å². The van der Waals surface area contributed by atoms with E-state index in [0.29, 0.717) is 11.5 Å². The average Bonchev–Trinajstić information content (AvgIpc) is 3.84. The smallest absolute Gasteiger partial charge is 0.280 e. The van der Waals surface area contributed by atoms with Crippen LogP contribution >= 0.6 is 0 Å². The van der Waals surface area contributed by atoms with E-state index in [2.05, 4.69) is 20.3 Å². The molecule has 4 atom stereocenters. The largest absolute Gasteiger partial charge is 0.497 e. The number of rotatable bonds is 15. The summed E-state index contributed by atoms with van der Waals surface area (Å²) in [5, 5.41) is 2.65. The minimum atomic E-state index is -3.83. The van der Waals surface area contributed by atoms with Crippen LogP contribution in [-0.4, -0.2) is 97.8 Å². The molecule has 0 spiro atoms.